The molecule has 27 heavy (non-hydrogen) atoms. The van der Waals surface area contributed by atoms with Crippen molar-refractivity contribution in [2.75, 3.05) is 20.6 Å². The number of nitrogens with zero attached hydrogens (tertiary/aromatic N) is 4. The van der Waals surface area contributed by atoms with Crippen LogP contribution in [-0.4, -0.2) is 51.5 Å². The topological polar surface area (TPSA) is 63.1 Å². The predicted octanol–water partition coefficient (Wildman–Crippen LogP) is 3.80. The van der Waals surface area contributed by atoms with Crippen molar-refractivity contribution in [2.45, 2.75) is 44.1 Å². The molecule has 0 radical (unpaired) electrons. The third kappa shape index (κ3) is 5.70. The molecular weight excluding hydrogens is 382 g/mol. The van der Waals surface area contributed by atoms with E-state index in [2.05, 4.69) is 41.2 Å². The Kier molecular flexibility index (Phi) is 7.70. The van der Waals surface area contributed by atoms with E-state index in [4.69, 9.17) is 11.6 Å². The zero-order valence-corrected chi connectivity index (χ0v) is 18.3. The number of aromatic nitrogens is 3. The first kappa shape index (κ1) is 21.7. The lowest BCUT2D eigenvalue weighted by Crippen LogP contribution is -2.33. The molecule has 0 saturated carbocycles. The van der Waals surface area contributed by atoms with Crippen LogP contribution in [0.5, 0.6) is 0 Å². The van der Waals surface area contributed by atoms with Gasteiger partial charge in [0.05, 0.1) is 11.3 Å². The van der Waals surface area contributed by atoms with Crippen LogP contribution in [0.25, 0.3) is 5.69 Å². The molecule has 0 bridgehead atoms. The number of carbonyl (C=O) groups is 1. The van der Waals surface area contributed by atoms with Crippen molar-refractivity contribution in [2.24, 2.45) is 5.92 Å². The maximum atomic E-state index is 12.4. The van der Waals surface area contributed by atoms with Gasteiger partial charge in [-0.05, 0) is 58.1 Å². The molecule has 1 N–H and O–H groups in total. The molecule has 0 aliphatic rings. The van der Waals surface area contributed by atoms with Crippen LogP contribution in [0.2, 0.25) is 5.02 Å². The number of thioether (sulfide) groups is 1. The van der Waals surface area contributed by atoms with Crippen molar-refractivity contribution < 1.29 is 4.79 Å². The highest BCUT2D eigenvalue weighted by molar-refractivity contribution is 8.00. The standard InChI is InChI=1S/C19H28ClN5OS/c1-12(2)11-21-18(26)14(4)27-19-23-22-17(13(3)24(5)6)25(19)16-9-7-15(20)8-10-16/h7-10,12-14H,11H2,1-6H3,(H,21,26). The van der Waals surface area contributed by atoms with Crippen molar-refractivity contribution in [1.29, 1.82) is 0 Å². The van der Waals surface area contributed by atoms with E-state index in [1.165, 1.54) is 11.8 Å². The number of nitrogens with one attached hydrogen (secondary N) is 1. The van der Waals surface area contributed by atoms with Gasteiger partial charge < -0.3 is 5.32 Å². The van der Waals surface area contributed by atoms with Crippen LogP contribution < -0.4 is 5.32 Å². The van der Waals surface area contributed by atoms with E-state index < -0.39 is 0 Å². The van der Waals surface area contributed by atoms with E-state index in [1.807, 2.05) is 49.9 Å². The summed E-state index contributed by atoms with van der Waals surface area (Å²) in [5.74, 6) is 1.23. The first-order valence-electron chi connectivity index (χ1n) is 9.02. The van der Waals surface area contributed by atoms with Gasteiger partial charge in [-0.1, -0.05) is 37.2 Å². The summed E-state index contributed by atoms with van der Waals surface area (Å²) in [6.45, 7) is 8.77. The van der Waals surface area contributed by atoms with Crippen LogP contribution in [0.15, 0.2) is 29.4 Å². The second-order valence-electron chi connectivity index (χ2n) is 7.19. The maximum Gasteiger partial charge on any atom is 0.233 e. The monoisotopic (exact) mass is 409 g/mol. The highest BCUT2D eigenvalue weighted by Gasteiger charge is 2.24. The van der Waals surface area contributed by atoms with Crippen LogP contribution in [0.4, 0.5) is 0 Å². The molecule has 1 aromatic heterocycles. The molecule has 8 heteroatoms. The predicted molar refractivity (Wildman–Crippen MR) is 112 cm³/mol. The maximum absolute atomic E-state index is 12.4. The van der Waals surface area contributed by atoms with Gasteiger partial charge in [0.2, 0.25) is 5.91 Å². The molecule has 0 saturated heterocycles. The number of amides is 1. The number of rotatable bonds is 8. The van der Waals surface area contributed by atoms with E-state index in [9.17, 15) is 4.79 Å². The van der Waals surface area contributed by atoms with Crippen LogP contribution in [0.3, 0.4) is 0 Å². The van der Waals surface area contributed by atoms with Crippen molar-refractivity contribution >= 4 is 29.3 Å². The van der Waals surface area contributed by atoms with Gasteiger partial charge in [0.25, 0.3) is 0 Å². The largest absolute Gasteiger partial charge is 0.355 e. The minimum atomic E-state index is -0.276. The zero-order chi connectivity index (χ0) is 20.1. The lowest BCUT2D eigenvalue weighted by Gasteiger charge is -2.21. The first-order chi connectivity index (χ1) is 12.7. The number of hydrogen-bond donors (Lipinski definition) is 1. The average Bonchev–Trinajstić information content (AvgIpc) is 3.02. The van der Waals surface area contributed by atoms with Gasteiger partial charge in [0.15, 0.2) is 11.0 Å². The van der Waals surface area contributed by atoms with E-state index in [0.717, 1.165) is 11.5 Å². The molecule has 1 amide bonds. The van der Waals surface area contributed by atoms with E-state index in [1.54, 1.807) is 0 Å². The third-order valence-corrected chi connectivity index (χ3v) is 5.52. The SMILES string of the molecule is CC(C)CNC(=O)C(C)Sc1nnc(C(C)N(C)C)n1-c1ccc(Cl)cc1. The van der Waals surface area contributed by atoms with Gasteiger partial charge in [-0.3, -0.25) is 14.3 Å². The number of hydrogen-bond acceptors (Lipinski definition) is 5. The van der Waals surface area contributed by atoms with Crippen molar-refractivity contribution in [3.63, 3.8) is 0 Å². The van der Waals surface area contributed by atoms with Crippen LogP contribution in [-0.2, 0) is 4.79 Å². The summed E-state index contributed by atoms with van der Waals surface area (Å²) in [5, 5.41) is 12.8. The van der Waals surface area contributed by atoms with Gasteiger partial charge in [-0.2, -0.15) is 0 Å². The van der Waals surface area contributed by atoms with E-state index in [0.29, 0.717) is 22.6 Å². The lowest BCUT2D eigenvalue weighted by molar-refractivity contribution is -0.120. The van der Waals surface area contributed by atoms with Gasteiger partial charge in [0, 0.05) is 17.3 Å². The van der Waals surface area contributed by atoms with Gasteiger partial charge in [-0.25, -0.2) is 0 Å². The number of carbonyl (C=O) groups excluding carboxylic acids is 1. The lowest BCUT2D eigenvalue weighted by atomic mass is 10.2. The Morgan fingerprint density at radius 3 is 2.37 bits per heavy atom. The zero-order valence-electron chi connectivity index (χ0n) is 16.7. The summed E-state index contributed by atoms with van der Waals surface area (Å²) in [5.41, 5.74) is 0.922. The van der Waals surface area contributed by atoms with Crippen molar-refractivity contribution in [1.82, 2.24) is 25.0 Å². The fourth-order valence-electron chi connectivity index (χ4n) is 2.35. The molecule has 148 valence electrons. The van der Waals surface area contributed by atoms with Crippen molar-refractivity contribution in [3.8, 4) is 5.69 Å². The summed E-state index contributed by atoms with van der Waals surface area (Å²) in [4.78, 5) is 14.5. The highest BCUT2D eigenvalue weighted by Crippen LogP contribution is 2.29. The molecule has 0 aliphatic heterocycles. The van der Waals surface area contributed by atoms with Gasteiger partial charge in [-0.15, -0.1) is 10.2 Å². The Labute approximate surface area is 170 Å². The summed E-state index contributed by atoms with van der Waals surface area (Å²) in [7, 11) is 4.00. The van der Waals surface area contributed by atoms with Crippen LogP contribution >= 0.6 is 23.4 Å². The summed E-state index contributed by atoms with van der Waals surface area (Å²) in [6.07, 6.45) is 0. The van der Waals surface area contributed by atoms with E-state index >= 15 is 0 Å². The Hall–Kier alpha value is -1.57. The Morgan fingerprint density at radius 1 is 1.19 bits per heavy atom. The summed E-state index contributed by atoms with van der Waals surface area (Å²) in [6, 6.07) is 7.62. The van der Waals surface area contributed by atoms with Crippen LogP contribution in [0.1, 0.15) is 39.6 Å². The Balaban J connectivity index is 2.33. The average molecular weight is 410 g/mol. The minimum absolute atomic E-state index is 0.00145. The smallest absolute Gasteiger partial charge is 0.233 e. The fraction of sp³-hybridized carbons (Fsp3) is 0.526. The Morgan fingerprint density at radius 2 is 1.81 bits per heavy atom. The second kappa shape index (κ2) is 9.57. The Bertz CT molecular complexity index is 760. The van der Waals surface area contributed by atoms with Crippen LogP contribution in [0, 0.1) is 5.92 Å². The number of halogens is 1. The molecule has 6 nitrogen and oxygen atoms in total. The molecule has 2 atom stereocenters. The molecular formula is C19H28ClN5OS. The van der Waals surface area contributed by atoms with Gasteiger partial charge >= 0.3 is 0 Å². The normalized spacial score (nSPS) is 13.8. The van der Waals surface area contributed by atoms with E-state index in [-0.39, 0.29) is 17.2 Å². The molecule has 0 spiro atoms. The first-order valence-corrected chi connectivity index (χ1v) is 10.3. The summed E-state index contributed by atoms with van der Waals surface area (Å²) >= 11 is 7.45. The molecule has 0 fully saturated rings. The van der Waals surface area contributed by atoms with Crippen molar-refractivity contribution in [3.05, 3.63) is 35.1 Å². The second-order valence-corrected chi connectivity index (χ2v) is 8.94. The minimum Gasteiger partial charge on any atom is -0.355 e. The molecule has 0 aliphatic carbocycles. The number of benzene rings is 1. The third-order valence-electron chi connectivity index (χ3n) is 4.23. The molecule has 1 aromatic carbocycles. The molecule has 1 heterocycles. The molecule has 2 rings (SSSR count). The fourth-order valence-corrected chi connectivity index (χ4v) is 3.38. The van der Waals surface area contributed by atoms with Gasteiger partial charge in [0.1, 0.15) is 0 Å². The summed E-state index contributed by atoms with van der Waals surface area (Å²) < 4.78 is 2.00. The molecule has 2 aromatic rings. The highest BCUT2D eigenvalue weighted by atomic mass is 35.5. The molecule has 2 unspecified atom stereocenters. The quantitative estimate of drug-likeness (QED) is 0.672.